The second kappa shape index (κ2) is 30.1. The van der Waals surface area contributed by atoms with Crippen LogP contribution >= 0.6 is 0 Å². The second-order valence-corrected chi connectivity index (χ2v) is 11.8. The highest BCUT2D eigenvalue weighted by Crippen LogP contribution is 2.14. The van der Waals surface area contributed by atoms with Crippen LogP contribution in [0.15, 0.2) is 12.2 Å². The van der Waals surface area contributed by atoms with Crippen LogP contribution in [0.1, 0.15) is 174 Å². The maximum absolute atomic E-state index is 12.3. The second-order valence-electron chi connectivity index (χ2n) is 11.8. The molecule has 0 aliphatic carbocycles. The van der Waals surface area contributed by atoms with Gasteiger partial charge in [-0.15, -0.1) is 0 Å². The molecule has 0 heterocycles. The van der Waals surface area contributed by atoms with Crippen LogP contribution in [-0.2, 0) is 4.79 Å². The molecule has 0 bridgehead atoms. The summed E-state index contributed by atoms with van der Waals surface area (Å²) in [4.78, 5) is 12.3. The number of hydrogen-bond donors (Lipinski definition) is 4. The van der Waals surface area contributed by atoms with Crippen molar-refractivity contribution < 1.29 is 20.1 Å². The minimum absolute atomic E-state index is 0.0173. The van der Waals surface area contributed by atoms with Gasteiger partial charge in [0.1, 0.15) is 0 Å². The predicted molar refractivity (Wildman–Crippen MR) is 167 cm³/mol. The van der Waals surface area contributed by atoms with Gasteiger partial charge in [0.25, 0.3) is 0 Å². The van der Waals surface area contributed by atoms with Crippen molar-refractivity contribution in [1.29, 1.82) is 0 Å². The normalized spacial score (nSPS) is 14.1. The van der Waals surface area contributed by atoms with E-state index in [0.717, 1.165) is 25.7 Å². The summed E-state index contributed by atoms with van der Waals surface area (Å²) in [6.07, 6.45) is 31.8. The van der Waals surface area contributed by atoms with E-state index in [1.165, 1.54) is 122 Å². The number of aliphatic hydroxyl groups is 3. The van der Waals surface area contributed by atoms with Crippen LogP contribution in [0.25, 0.3) is 0 Å². The van der Waals surface area contributed by atoms with E-state index in [4.69, 9.17) is 0 Å². The molecule has 0 saturated carbocycles. The van der Waals surface area contributed by atoms with E-state index in [-0.39, 0.29) is 18.9 Å². The average molecular weight is 554 g/mol. The van der Waals surface area contributed by atoms with E-state index < -0.39 is 18.2 Å². The molecule has 39 heavy (non-hydrogen) atoms. The molecule has 232 valence electrons. The molecule has 0 aliphatic heterocycles. The lowest BCUT2D eigenvalue weighted by molar-refractivity contribution is -0.124. The summed E-state index contributed by atoms with van der Waals surface area (Å²) in [5, 5.41) is 32.9. The third-order valence-corrected chi connectivity index (χ3v) is 7.82. The van der Waals surface area contributed by atoms with Crippen LogP contribution < -0.4 is 5.32 Å². The zero-order valence-electron chi connectivity index (χ0n) is 26.0. The molecule has 3 atom stereocenters. The van der Waals surface area contributed by atoms with Gasteiger partial charge in [-0.3, -0.25) is 4.79 Å². The Kier molecular flexibility index (Phi) is 29.4. The maximum Gasteiger partial charge on any atom is 0.222 e. The molecule has 0 rings (SSSR count). The molecule has 0 aliphatic rings. The minimum Gasteiger partial charge on any atom is -0.394 e. The largest absolute Gasteiger partial charge is 0.394 e. The van der Waals surface area contributed by atoms with E-state index in [9.17, 15) is 20.1 Å². The SMILES string of the molecule is CCCCCCCCCCCCC/C=C/C(O)C(CO)NC(=O)CC(O)CCCCCCCCCCCCC. The van der Waals surface area contributed by atoms with E-state index in [2.05, 4.69) is 19.2 Å². The number of carbonyl (C=O) groups excluding carboxylic acids is 1. The van der Waals surface area contributed by atoms with Crippen LogP contribution in [0, 0.1) is 0 Å². The van der Waals surface area contributed by atoms with Gasteiger partial charge in [-0.05, 0) is 19.3 Å². The van der Waals surface area contributed by atoms with Crippen molar-refractivity contribution in [2.24, 2.45) is 0 Å². The summed E-state index contributed by atoms with van der Waals surface area (Å²) in [6.45, 7) is 4.18. The van der Waals surface area contributed by atoms with Crippen molar-refractivity contribution in [3.63, 3.8) is 0 Å². The molecule has 0 aromatic heterocycles. The Labute approximate surface area is 242 Å². The zero-order valence-corrected chi connectivity index (χ0v) is 26.0. The molecule has 5 nitrogen and oxygen atoms in total. The fourth-order valence-electron chi connectivity index (χ4n) is 5.16. The number of nitrogens with one attached hydrogen (secondary N) is 1. The lowest BCUT2D eigenvalue weighted by Gasteiger charge is -2.21. The number of hydrogen-bond acceptors (Lipinski definition) is 4. The van der Waals surface area contributed by atoms with E-state index in [1.807, 2.05) is 6.08 Å². The Morgan fingerprint density at radius 2 is 1.05 bits per heavy atom. The number of rotatable bonds is 30. The first-order valence-corrected chi connectivity index (χ1v) is 17.0. The summed E-state index contributed by atoms with van der Waals surface area (Å²) < 4.78 is 0. The van der Waals surface area contributed by atoms with Gasteiger partial charge < -0.3 is 20.6 Å². The van der Waals surface area contributed by atoms with E-state index in [1.54, 1.807) is 6.08 Å². The quantitative estimate of drug-likeness (QED) is 0.0530. The zero-order chi connectivity index (χ0) is 28.8. The fraction of sp³-hybridized carbons (Fsp3) is 0.912. The van der Waals surface area contributed by atoms with Crippen molar-refractivity contribution >= 4 is 5.91 Å². The predicted octanol–water partition coefficient (Wildman–Crippen LogP) is 8.53. The Morgan fingerprint density at radius 3 is 1.49 bits per heavy atom. The molecular weight excluding hydrogens is 486 g/mol. The molecule has 0 fully saturated rings. The van der Waals surface area contributed by atoms with Gasteiger partial charge in [0.05, 0.1) is 31.3 Å². The van der Waals surface area contributed by atoms with Gasteiger partial charge >= 0.3 is 0 Å². The molecule has 0 aromatic rings. The van der Waals surface area contributed by atoms with Crippen LogP contribution in [0.4, 0.5) is 0 Å². The van der Waals surface area contributed by atoms with Gasteiger partial charge in [-0.1, -0.05) is 161 Å². The summed E-state index contributed by atoms with van der Waals surface area (Å²) in [6, 6.07) is -0.736. The number of aliphatic hydroxyl groups excluding tert-OH is 3. The molecule has 0 aromatic carbocycles. The molecular formula is C34H67NO4. The lowest BCUT2D eigenvalue weighted by Crippen LogP contribution is -2.45. The van der Waals surface area contributed by atoms with Gasteiger partial charge in [-0.25, -0.2) is 0 Å². The number of carbonyl (C=O) groups is 1. The van der Waals surface area contributed by atoms with E-state index >= 15 is 0 Å². The van der Waals surface area contributed by atoms with Crippen LogP contribution in [0.2, 0.25) is 0 Å². The Bertz CT molecular complexity index is 539. The number of unbranched alkanes of at least 4 members (excludes halogenated alkanes) is 21. The van der Waals surface area contributed by atoms with Gasteiger partial charge in [0.2, 0.25) is 5.91 Å². The van der Waals surface area contributed by atoms with Crippen molar-refractivity contribution in [2.75, 3.05) is 6.61 Å². The lowest BCUT2D eigenvalue weighted by atomic mass is 10.0. The highest BCUT2D eigenvalue weighted by Gasteiger charge is 2.20. The average Bonchev–Trinajstić information content (AvgIpc) is 2.92. The molecule has 1 amide bonds. The first-order chi connectivity index (χ1) is 19.0. The third kappa shape index (κ3) is 27.0. The standard InChI is InChI=1S/C34H67NO4/c1-3-5-7-9-11-13-15-16-18-20-22-24-26-28-33(38)32(30-36)35-34(39)29-31(37)27-25-23-21-19-17-14-12-10-8-6-4-2/h26,28,31-33,36-38H,3-25,27,29-30H2,1-2H3,(H,35,39)/b28-26+. The van der Waals surface area contributed by atoms with Crippen LogP contribution in [-0.4, -0.2) is 46.1 Å². The molecule has 4 N–H and O–H groups in total. The highest BCUT2D eigenvalue weighted by molar-refractivity contribution is 5.76. The van der Waals surface area contributed by atoms with Crippen LogP contribution in [0.3, 0.4) is 0 Å². The summed E-state index contributed by atoms with van der Waals surface area (Å²) in [5.74, 6) is -0.317. The van der Waals surface area contributed by atoms with Gasteiger partial charge in [0, 0.05) is 0 Å². The maximum atomic E-state index is 12.3. The topological polar surface area (TPSA) is 89.8 Å². The van der Waals surface area contributed by atoms with Crippen molar-refractivity contribution in [1.82, 2.24) is 5.32 Å². The molecule has 0 saturated heterocycles. The van der Waals surface area contributed by atoms with Crippen molar-refractivity contribution in [3.05, 3.63) is 12.2 Å². The Morgan fingerprint density at radius 1 is 0.641 bits per heavy atom. The van der Waals surface area contributed by atoms with Crippen molar-refractivity contribution in [3.8, 4) is 0 Å². The third-order valence-electron chi connectivity index (χ3n) is 7.82. The minimum atomic E-state index is -0.921. The summed E-state index contributed by atoms with van der Waals surface area (Å²) in [5.41, 5.74) is 0. The molecule has 0 spiro atoms. The van der Waals surface area contributed by atoms with Crippen molar-refractivity contribution in [2.45, 2.75) is 193 Å². The number of amides is 1. The monoisotopic (exact) mass is 554 g/mol. The number of allylic oxidation sites excluding steroid dienone is 1. The summed E-state index contributed by atoms with van der Waals surface area (Å²) >= 11 is 0. The van der Waals surface area contributed by atoms with Crippen LogP contribution in [0.5, 0.6) is 0 Å². The van der Waals surface area contributed by atoms with Gasteiger partial charge in [-0.2, -0.15) is 0 Å². The Hall–Kier alpha value is -0.910. The molecule has 0 radical (unpaired) electrons. The fourth-order valence-corrected chi connectivity index (χ4v) is 5.16. The smallest absolute Gasteiger partial charge is 0.222 e. The first-order valence-electron chi connectivity index (χ1n) is 17.0. The highest BCUT2D eigenvalue weighted by atomic mass is 16.3. The molecule has 5 heteroatoms. The van der Waals surface area contributed by atoms with Gasteiger partial charge in [0.15, 0.2) is 0 Å². The first kappa shape index (κ1) is 38.1. The van der Waals surface area contributed by atoms with E-state index in [0.29, 0.717) is 6.42 Å². The molecule has 3 unspecified atom stereocenters. The summed E-state index contributed by atoms with van der Waals surface area (Å²) in [7, 11) is 0. The Balaban J connectivity index is 3.77.